The molecule has 0 aromatic rings. The molecule has 1 aliphatic rings. The van der Waals surface area contributed by atoms with Gasteiger partial charge in [-0.25, -0.2) is 4.79 Å². The average molecular weight is 1110 g/mol. The Kier molecular flexibility index (Phi) is 51.1. The molecule has 0 aromatic carbocycles. The second kappa shape index (κ2) is 55.0. The lowest BCUT2D eigenvalue weighted by Crippen LogP contribution is -2.61. The van der Waals surface area contributed by atoms with E-state index in [0.29, 0.717) is 19.3 Å². The first-order valence-electron chi connectivity index (χ1n) is 32.3. The molecule has 0 bridgehead atoms. The SMILES string of the molecule is CC/C=C\C/C=C\C/C=C\CCCCCCCC(=O)OC(COC(=O)CCCCCCCCCCCCCCCCCCCCC)COC1OC(C(=O)O)C(O)C(O)C1OC(=O)CCCCCCC/C=C\C/C=C\CCCCC. The third-order valence-corrected chi connectivity index (χ3v) is 14.6. The topological polar surface area (TPSA) is 175 Å². The summed E-state index contributed by atoms with van der Waals surface area (Å²) in [5, 5.41) is 31.5. The van der Waals surface area contributed by atoms with Gasteiger partial charge in [0.1, 0.15) is 18.8 Å². The number of rotatable bonds is 55. The second-order valence-corrected chi connectivity index (χ2v) is 22.0. The lowest BCUT2D eigenvalue weighted by molar-refractivity contribution is -0.301. The van der Waals surface area contributed by atoms with Crippen LogP contribution in [0.25, 0.3) is 0 Å². The van der Waals surface area contributed by atoms with Crippen molar-refractivity contribution in [3.8, 4) is 0 Å². The third kappa shape index (κ3) is 44.7. The van der Waals surface area contributed by atoms with Crippen LogP contribution in [0.3, 0.4) is 0 Å². The lowest BCUT2D eigenvalue weighted by Gasteiger charge is -2.40. The van der Waals surface area contributed by atoms with Gasteiger partial charge in [-0.05, 0) is 83.5 Å². The van der Waals surface area contributed by atoms with Gasteiger partial charge in [0.15, 0.2) is 24.6 Å². The van der Waals surface area contributed by atoms with Crippen molar-refractivity contribution in [2.24, 2.45) is 0 Å². The molecule has 0 amide bonds. The van der Waals surface area contributed by atoms with Crippen molar-refractivity contribution in [3.63, 3.8) is 0 Å². The van der Waals surface area contributed by atoms with Crippen molar-refractivity contribution in [2.45, 2.75) is 327 Å². The Morgan fingerprint density at radius 1 is 0.430 bits per heavy atom. The molecular weight excluding hydrogens is 997 g/mol. The number of ether oxygens (including phenoxy) is 5. The molecular formula is C67H116O12. The predicted molar refractivity (Wildman–Crippen MR) is 322 cm³/mol. The van der Waals surface area contributed by atoms with Crippen molar-refractivity contribution < 1.29 is 58.2 Å². The zero-order valence-corrected chi connectivity index (χ0v) is 50.4. The molecule has 12 heteroatoms. The van der Waals surface area contributed by atoms with Crippen molar-refractivity contribution in [1.82, 2.24) is 0 Å². The molecule has 1 heterocycles. The van der Waals surface area contributed by atoms with Crippen LogP contribution < -0.4 is 0 Å². The molecule has 0 radical (unpaired) electrons. The summed E-state index contributed by atoms with van der Waals surface area (Å²) in [5.74, 6) is -3.14. The number of carboxylic acid groups (broad SMARTS) is 1. The molecule has 79 heavy (non-hydrogen) atoms. The van der Waals surface area contributed by atoms with Crippen LogP contribution in [0, 0.1) is 0 Å². The van der Waals surface area contributed by atoms with Gasteiger partial charge in [0, 0.05) is 19.3 Å². The zero-order chi connectivity index (χ0) is 57.5. The standard InChI is InChI=1S/C67H116O12/c1-4-7-10-13-16-19-22-25-28-29-30-31-34-35-38-41-44-47-50-53-59(68)75-56-58(77-60(69)54-51-48-45-42-39-36-32-26-23-20-17-14-11-8-5-2)57-76-67-65(63(72)62(71)64(79-67)66(73)74)78-61(70)55-52-49-46-43-40-37-33-27-24-21-18-15-12-9-6-3/h8,11,17-18,20-21,26-27,32-33,58,62-65,67,71-72H,4-7,9-10,12-16,19,22-25,28-31,34-57H2,1-3H3,(H,73,74)/b11-8-,20-17-,21-18-,32-26-,33-27-. The fourth-order valence-electron chi connectivity index (χ4n) is 9.65. The van der Waals surface area contributed by atoms with E-state index in [4.69, 9.17) is 23.7 Å². The minimum Gasteiger partial charge on any atom is -0.479 e. The smallest absolute Gasteiger partial charge is 0.335 e. The van der Waals surface area contributed by atoms with E-state index in [-0.39, 0.29) is 25.9 Å². The Morgan fingerprint density at radius 2 is 0.797 bits per heavy atom. The van der Waals surface area contributed by atoms with Crippen LogP contribution in [0.4, 0.5) is 0 Å². The fourth-order valence-corrected chi connectivity index (χ4v) is 9.65. The van der Waals surface area contributed by atoms with Gasteiger partial charge in [-0.2, -0.15) is 0 Å². The molecule has 6 atom stereocenters. The number of esters is 3. The number of carbonyl (C=O) groups excluding carboxylic acids is 3. The minimum atomic E-state index is -1.91. The van der Waals surface area contributed by atoms with Crippen LogP contribution >= 0.6 is 0 Å². The second-order valence-electron chi connectivity index (χ2n) is 22.0. The molecule has 0 aliphatic carbocycles. The first-order chi connectivity index (χ1) is 38.6. The molecule has 0 saturated carbocycles. The van der Waals surface area contributed by atoms with Gasteiger partial charge in [-0.1, -0.05) is 248 Å². The molecule has 12 nitrogen and oxygen atoms in total. The molecule has 456 valence electrons. The number of carboxylic acids is 1. The number of aliphatic carboxylic acids is 1. The van der Waals surface area contributed by atoms with Gasteiger partial charge < -0.3 is 39.0 Å². The van der Waals surface area contributed by atoms with Gasteiger partial charge in [0.2, 0.25) is 0 Å². The van der Waals surface area contributed by atoms with Crippen LogP contribution in [0.15, 0.2) is 60.8 Å². The van der Waals surface area contributed by atoms with Crippen molar-refractivity contribution in [3.05, 3.63) is 60.8 Å². The summed E-state index contributed by atoms with van der Waals surface area (Å²) < 4.78 is 28.5. The summed E-state index contributed by atoms with van der Waals surface area (Å²) in [4.78, 5) is 51.3. The van der Waals surface area contributed by atoms with Gasteiger partial charge in [0.05, 0.1) is 6.61 Å². The molecule has 1 saturated heterocycles. The molecule has 1 rings (SSSR count). The van der Waals surface area contributed by atoms with Crippen molar-refractivity contribution in [2.75, 3.05) is 13.2 Å². The number of aliphatic hydroxyl groups is 2. The maximum Gasteiger partial charge on any atom is 0.335 e. The van der Waals surface area contributed by atoms with E-state index in [0.717, 1.165) is 116 Å². The Hall–Kier alpha value is -3.58. The largest absolute Gasteiger partial charge is 0.479 e. The fraction of sp³-hybridized carbons (Fsp3) is 0.791. The molecule has 1 aliphatic heterocycles. The van der Waals surface area contributed by atoms with Crippen molar-refractivity contribution >= 4 is 23.9 Å². The first kappa shape index (κ1) is 73.4. The summed E-state index contributed by atoms with van der Waals surface area (Å²) in [6, 6.07) is 0. The Balaban J connectivity index is 2.66. The van der Waals surface area contributed by atoms with E-state index >= 15 is 0 Å². The highest BCUT2D eigenvalue weighted by Crippen LogP contribution is 2.27. The van der Waals surface area contributed by atoms with E-state index in [1.807, 2.05) is 0 Å². The molecule has 0 aromatic heterocycles. The van der Waals surface area contributed by atoms with Crippen LogP contribution in [0.1, 0.15) is 290 Å². The Labute approximate surface area is 481 Å². The maximum absolute atomic E-state index is 13.2. The molecule has 0 spiro atoms. The zero-order valence-electron chi connectivity index (χ0n) is 50.4. The summed E-state index contributed by atoms with van der Waals surface area (Å²) in [7, 11) is 0. The predicted octanol–water partition coefficient (Wildman–Crippen LogP) is 17.1. The van der Waals surface area contributed by atoms with Crippen LogP contribution in [-0.2, 0) is 42.9 Å². The highest BCUT2D eigenvalue weighted by molar-refractivity contribution is 5.74. The number of unbranched alkanes of at least 4 members (excludes halogenated alkanes) is 31. The first-order valence-corrected chi connectivity index (χ1v) is 32.3. The van der Waals surface area contributed by atoms with E-state index in [1.165, 1.54) is 116 Å². The maximum atomic E-state index is 13.2. The van der Waals surface area contributed by atoms with E-state index in [1.54, 1.807) is 0 Å². The van der Waals surface area contributed by atoms with Crippen LogP contribution in [0.5, 0.6) is 0 Å². The summed E-state index contributed by atoms with van der Waals surface area (Å²) in [6.07, 6.45) is 56.1. The summed E-state index contributed by atoms with van der Waals surface area (Å²) in [5.41, 5.74) is 0. The van der Waals surface area contributed by atoms with Gasteiger partial charge in [0.25, 0.3) is 0 Å². The molecule has 1 fully saturated rings. The van der Waals surface area contributed by atoms with Crippen LogP contribution in [-0.4, -0.2) is 89.2 Å². The average Bonchev–Trinajstić information content (AvgIpc) is 3.46. The minimum absolute atomic E-state index is 0.0427. The Bertz CT molecular complexity index is 1600. The highest BCUT2D eigenvalue weighted by atomic mass is 16.7. The number of hydrogen-bond acceptors (Lipinski definition) is 11. The summed E-state index contributed by atoms with van der Waals surface area (Å²) in [6.45, 7) is 5.87. The molecule has 6 unspecified atom stereocenters. The summed E-state index contributed by atoms with van der Waals surface area (Å²) >= 11 is 0. The normalized spacial score (nSPS) is 18.2. The number of hydrogen-bond donors (Lipinski definition) is 3. The Morgan fingerprint density at radius 3 is 1.24 bits per heavy atom. The quantitative estimate of drug-likeness (QED) is 0.0228. The van der Waals surface area contributed by atoms with Gasteiger partial charge >= 0.3 is 23.9 Å². The number of allylic oxidation sites excluding steroid dienone is 10. The molecule has 3 N–H and O–H groups in total. The highest BCUT2D eigenvalue weighted by Gasteiger charge is 2.50. The van der Waals surface area contributed by atoms with Crippen LogP contribution in [0.2, 0.25) is 0 Å². The number of carbonyl (C=O) groups is 4. The lowest BCUT2D eigenvalue weighted by atomic mass is 9.98. The van der Waals surface area contributed by atoms with E-state index < -0.39 is 67.3 Å². The van der Waals surface area contributed by atoms with Gasteiger partial charge in [-0.3, -0.25) is 14.4 Å². The third-order valence-electron chi connectivity index (χ3n) is 14.6. The van der Waals surface area contributed by atoms with E-state index in [2.05, 4.69) is 81.5 Å². The van der Waals surface area contributed by atoms with Gasteiger partial charge in [-0.15, -0.1) is 0 Å². The van der Waals surface area contributed by atoms with E-state index in [9.17, 15) is 34.5 Å². The van der Waals surface area contributed by atoms with Crippen molar-refractivity contribution in [1.29, 1.82) is 0 Å². The number of aliphatic hydroxyl groups excluding tert-OH is 2. The monoisotopic (exact) mass is 1110 g/mol.